The highest BCUT2D eigenvalue weighted by molar-refractivity contribution is 6.74. The number of benzene rings is 1. The maximum absolute atomic E-state index is 12.1. The fourth-order valence-electron chi connectivity index (χ4n) is 2.03. The van der Waals surface area contributed by atoms with Gasteiger partial charge in [-0.3, -0.25) is 0 Å². The third-order valence-corrected chi connectivity index (χ3v) is 9.33. The van der Waals surface area contributed by atoms with Crippen molar-refractivity contribution in [2.45, 2.75) is 71.3 Å². The van der Waals surface area contributed by atoms with Gasteiger partial charge in [0.15, 0.2) is 8.32 Å². The number of hydrogen-bond donors (Lipinski definition) is 1. The van der Waals surface area contributed by atoms with Gasteiger partial charge in [-0.2, -0.15) is 0 Å². The van der Waals surface area contributed by atoms with E-state index in [0.717, 1.165) is 5.56 Å². The van der Waals surface area contributed by atoms with E-state index < -0.39 is 14.4 Å². The monoisotopic (exact) mass is 379 g/mol. The molecule has 0 heterocycles. The summed E-state index contributed by atoms with van der Waals surface area (Å²) in [5.41, 5.74) is 0.931. The maximum Gasteiger partial charge on any atom is 0.407 e. The molecule has 5 nitrogen and oxygen atoms in total. The topological polar surface area (TPSA) is 64.6 Å². The Bertz CT molecular complexity index is 581. The van der Waals surface area contributed by atoms with Crippen LogP contribution in [0.3, 0.4) is 0 Å². The van der Waals surface area contributed by atoms with Crippen molar-refractivity contribution in [2.24, 2.45) is 0 Å². The first-order valence-electron chi connectivity index (χ1n) is 9.12. The molecule has 0 aliphatic carbocycles. The van der Waals surface area contributed by atoms with Crippen LogP contribution in [0, 0.1) is 0 Å². The number of amides is 1. The van der Waals surface area contributed by atoms with Crippen LogP contribution in [-0.2, 0) is 20.6 Å². The number of nitrogens with one attached hydrogen (secondary N) is 1. The van der Waals surface area contributed by atoms with Crippen molar-refractivity contribution in [1.29, 1.82) is 0 Å². The van der Waals surface area contributed by atoms with Crippen LogP contribution in [-0.4, -0.2) is 32.8 Å². The molecule has 6 heteroatoms. The zero-order valence-corrected chi connectivity index (χ0v) is 17.9. The van der Waals surface area contributed by atoms with Crippen molar-refractivity contribution in [3.8, 4) is 0 Å². The second kappa shape index (κ2) is 9.88. The molecule has 0 saturated heterocycles. The molecular formula is C20H33NO4Si. The van der Waals surface area contributed by atoms with E-state index in [1.54, 1.807) is 6.92 Å². The summed E-state index contributed by atoms with van der Waals surface area (Å²) in [7, 11) is -1.92. The highest BCUT2D eigenvalue weighted by Gasteiger charge is 2.37. The number of hydrogen-bond acceptors (Lipinski definition) is 4. The maximum atomic E-state index is 12.1. The van der Waals surface area contributed by atoms with Gasteiger partial charge in [-0.15, -0.1) is 0 Å². The molecule has 0 aromatic heterocycles. The van der Waals surface area contributed by atoms with E-state index in [1.807, 2.05) is 30.3 Å². The van der Waals surface area contributed by atoms with Crippen LogP contribution in [0.1, 0.15) is 46.1 Å². The van der Waals surface area contributed by atoms with Crippen molar-refractivity contribution in [3.05, 3.63) is 35.9 Å². The number of carbonyl (C=O) groups excluding carboxylic acids is 2. The average molecular weight is 380 g/mol. The molecule has 0 aliphatic heterocycles. The van der Waals surface area contributed by atoms with Gasteiger partial charge >= 0.3 is 6.09 Å². The minimum atomic E-state index is -1.92. The average Bonchev–Trinajstić information content (AvgIpc) is 2.55. The van der Waals surface area contributed by atoms with E-state index in [1.165, 1.54) is 0 Å². The van der Waals surface area contributed by atoms with Crippen molar-refractivity contribution in [1.82, 2.24) is 5.32 Å². The number of alkyl carbamates (subject to hydrolysis) is 1. The van der Waals surface area contributed by atoms with Crippen molar-refractivity contribution < 1.29 is 18.8 Å². The lowest BCUT2D eigenvalue weighted by atomic mass is 10.1. The molecule has 1 rings (SSSR count). The zero-order valence-electron chi connectivity index (χ0n) is 16.9. The number of rotatable bonds is 9. The Kier molecular flexibility index (Phi) is 8.50. The van der Waals surface area contributed by atoms with Crippen LogP contribution in [0.4, 0.5) is 4.79 Å². The molecule has 0 saturated carbocycles. The molecule has 1 atom stereocenters. The molecule has 0 fully saturated rings. The van der Waals surface area contributed by atoms with Gasteiger partial charge in [-0.05, 0) is 37.0 Å². The number of Topliss-reactive ketones (excluding diaryl/α,β-unsaturated/α-hetero) is 1. The van der Waals surface area contributed by atoms with Gasteiger partial charge in [0.05, 0.1) is 12.6 Å². The van der Waals surface area contributed by atoms with Gasteiger partial charge in [0, 0.05) is 6.42 Å². The van der Waals surface area contributed by atoms with E-state index in [9.17, 15) is 9.59 Å². The number of ketones is 1. The molecule has 1 amide bonds. The van der Waals surface area contributed by atoms with Crippen LogP contribution in [0.25, 0.3) is 0 Å². The van der Waals surface area contributed by atoms with Gasteiger partial charge in [-0.1, -0.05) is 51.1 Å². The molecule has 26 heavy (non-hydrogen) atoms. The van der Waals surface area contributed by atoms with E-state index in [2.05, 4.69) is 39.2 Å². The van der Waals surface area contributed by atoms with Crippen molar-refractivity contribution in [2.75, 3.05) is 6.61 Å². The van der Waals surface area contributed by atoms with Gasteiger partial charge in [-0.25, -0.2) is 4.79 Å². The lowest BCUT2D eigenvalue weighted by molar-refractivity contribution is -0.117. The lowest BCUT2D eigenvalue weighted by Crippen LogP contribution is -2.46. The second-order valence-corrected chi connectivity index (χ2v) is 13.0. The summed E-state index contributed by atoms with van der Waals surface area (Å²) < 4.78 is 11.5. The van der Waals surface area contributed by atoms with E-state index in [0.29, 0.717) is 19.4 Å². The first kappa shape index (κ1) is 22.4. The predicted octanol–water partition coefficient (Wildman–Crippen LogP) is 4.67. The summed E-state index contributed by atoms with van der Waals surface area (Å²) in [5, 5.41) is 2.94. The standard InChI is InChI=1S/C20H33NO4Si/c1-16(22)12-13-18(15-25-26(5,6)20(2,3)4)21-19(23)24-14-17-10-8-7-9-11-17/h7-11,18H,12-15H2,1-6H3,(H,21,23)/t18-/m0/s1. The van der Waals surface area contributed by atoms with Crippen LogP contribution in [0.15, 0.2) is 30.3 Å². The summed E-state index contributed by atoms with van der Waals surface area (Å²) in [5.74, 6) is 0.0989. The minimum absolute atomic E-state index is 0.0892. The lowest BCUT2D eigenvalue weighted by Gasteiger charge is -2.37. The van der Waals surface area contributed by atoms with Crippen molar-refractivity contribution in [3.63, 3.8) is 0 Å². The molecule has 146 valence electrons. The van der Waals surface area contributed by atoms with Gasteiger partial charge < -0.3 is 19.3 Å². The summed E-state index contributed by atoms with van der Waals surface area (Å²) in [6.07, 6.45) is 0.468. The van der Waals surface area contributed by atoms with Crippen LogP contribution in [0.2, 0.25) is 18.1 Å². The third kappa shape index (κ3) is 8.14. The Morgan fingerprint density at radius 3 is 2.31 bits per heavy atom. The van der Waals surface area contributed by atoms with Crippen LogP contribution in [0.5, 0.6) is 0 Å². The summed E-state index contributed by atoms with van der Waals surface area (Å²) in [6, 6.07) is 9.29. The van der Waals surface area contributed by atoms with Crippen molar-refractivity contribution >= 4 is 20.2 Å². The zero-order chi connectivity index (χ0) is 19.8. The first-order valence-corrected chi connectivity index (χ1v) is 12.0. The molecule has 0 radical (unpaired) electrons. The Morgan fingerprint density at radius 1 is 1.15 bits per heavy atom. The molecule has 0 spiro atoms. The largest absolute Gasteiger partial charge is 0.445 e. The molecule has 1 aromatic rings. The Labute approximate surface area is 158 Å². The molecule has 1 aromatic carbocycles. The summed E-state index contributed by atoms with van der Waals surface area (Å²) in [6.45, 7) is 13.0. The SMILES string of the molecule is CC(=O)CC[C@@H](CO[Si](C)(C)C(C)(C)C)NC(=O)OCc1ccccc1. The van der Waals surface area contributed by atoms with E-state index >= 15 is 0 Å². The Morgan fingerprint density at radius 2 is 1.77 bits per heavy atom. The van der Waals surface area contributed by atoms with Gasteiger partial charge in [0.25, 0.3) is 0 Å². The fraction of sp³-hybridized carbons (Fsp3) is 0.600. The smallest absolute Gasteiger partial charge is 0.407 e. The predicted molar refractivity (Wildman–Crippen MR) is 107 cm³/mol. The summed E-state index contributed by atoms with van der Waals surface area (Å²) in [4.78, 5) is 23.5. The van der Waals surface area contributed by atoms with E-state index in [4.69, 9.17) is 9.16 Å². The normalized spacial score (nSPS) is 13.2. The second-order valence-electron chi connectivity index (χ2n) is 8.21. The van der Waals surface area contributed by atoms with Gasteiger partial charge in [0.2, 0.25) is 0 Å². The molecule has 0 bridgehead atoms. The molecule has 0 unspecified atom stereocenters. The number of carbonyl (C=O) groups is 2. The highest BCUT2D eigenvalue weighted by Crippen LogP contribution is 2.36. The Balaban J connectivity index is 2.58. The van der Waals surface area contributed by atoms with Gasteiger partial charge in [0.1, 0.15) is 12.4 Å². The molecule has 1 N–H and O–H groups in total. The molecule has 0 aliphatic rings. The highest BCUT2D eigenvalue weighted by atomic mass is 28.4. The quantitative estimate of drug-likeness (QED) is 0.633. The minimum Gasteiger partial charge on any atom is -0.445 e. The summed E-state index contributed by atoms with van der Waals surface area (Å²) >= 11 is 0. The molecular weight excluding hydrogens is 346 g/mol. The third-order valence-electron chi connectivity index (χ3n) is 4.83. The first-order chi connectivity index (χ1) is 12.0. The van der Waals surface area contributed by atoms with Crippen LogP contribution < -0.4 is 5.32 Å². The Hall–Kier alpha value is -1.66. The fourth-order valence-corrected chi connectivity index (χ4v) is 3.08. The number of ether oxygens (including phenoxy) is 1. The van der Waals surface area contributed by atoms with E-state index in [-0.39, 0.29) is 23.5 Å². The van der Waals surface area contributed by atoms with Crippen LogP contribution >= 0.6 is 0 Å².